The summed E-state index contributed by atoms with van der Waals surface area (Å²) in [4.78, 5) is 5.52. The Kier molecular flexibility index (Phi) is 3.66. The molecule has 2 rings (SSSR count). The number of nitrogens with one attached hydrogen (secondary N) is 1. The molecule has 86 valence electrons. The maximum Gasteiger partial charge on any atom is 0.138 e. The number of hydrazine groups is 1. The Hall–Kier alpha value is -1.24. The number of hydrogen-bond donors (Lipinski definition) is 2. The van der Waals surface area contributed by atoms with Crippen molar-refractivity contribution in [3.05, 3.63) is 34.5 Å². The first-order chi connectivity index (χ1) is 7.79. The molecule has 0 saturated carbocycles. The third-order valence-corrected chi connectivity index (χ3v) is 3.40. The summed E-state index contributed by atoms with van der Waals surface area (Å²) in [5.41, 5.74) is 2.83. The van der Waals surface area contributed by atoms with E-state index in [4.69, 9.17) is 5.84 Å². The standard InChI is InChI=1S/C10H15N5S/c1-15-10(12-7-13-15)6-8(14-11)5-9-3-2-4-16-9/h2-4,7-8,14H,5-6,11H2,1H3. The first-order valence-corrected chi connectivity index (χ1v) is 5.99. The zero-order valence-electron chi connectivity index (χ0n) is 9.13. The number of aromatic nitrogens is 3. The number of hydrogen-bond acceptors (Lipinski definition) is 5. The zero-order chi connectivity index (χ0) is 11.4. The van der Waals surface area contributed by atoms with Crippen LogP contribution in [-0.4, -0.2) is 20.8 Å². The van der Waals surface area contributed by atoms with Gasteiger partial charge in [-0.25, -0.2) is 4.98 Å². The van der Waals surface area contributed by atoms with Crippen molar-refractivity contribution >= 4 is 11.3 Å². The topological polar surface area (TPSA) is 68.8 Å². The van der Waals surface area contributed by atoms with Crippen LogP contribution in [0.3, 0.4) is 0 Å². The lowest BCUT2D eigenvalue weighted by atomic mass is 10.1. The second kappa shape index (κ2) is 5.20. The molecule has 0 fully saturated rings. The monoisotopic (exact) mass is 237 g/mol. The summed E-state index contributed by atoms with van der Waals surface area (Å²) in [6.45, 7) is 0. The maximum absolute atomic E-state index is 5.55. The van der Waals surface area contributed by atoms with E-state index in [1.165, 1.54) is 4.88 Å². The highest BCUT2D eigenvalue weighted by Gasteiger charge is 2.12. The lowest BCUT2D eigenvalue weighted by Crippen LogP contribution is -2.38. The molecule has 1 atom stereocenters. The Bertz CT molecular complexity index is 422. The van der Waals surface area contributed by atoms with Gasteiger partial charge in [0.1, 0.15) is 12.2 Å². The average Bonchev–Trinajstić information content (AvgIpc) is 2.90. The average molecular weight is 237 g/mol. The first-order valence-electron chi connectivity index (χ1n) is 5.11. The minimum Gasteiger partial charge on any atom is -0.271 e. The van der Waals surface area contributed by atoms with E-state index in [0.717, 1.165) is 18.7 Å². The summed E-state index contributed by atoms with van der Waals surface area (Å²) in [7, 11) is 1.89. The fourth-order valence-corrected chi connectivity index (χ4v) is 2.37. The Labute approximate surface area is 98.3 Å². The van der Waals surface area contributed by atoms with E-state index in [0.29, 0.717) is 0 Å². The summed E-state index contributed by atoms with van der Waals surface area (Å²) >= 11 is 1.75. The van der Waals surface area contributed by atoms with Gasteiger partial charge in [0.15, 0.2) is 0 Å². The van der Waals surface area contributed by atoms with Crippen LogP contribution in [0.15, 0.2) is 23.8 Å². The highest BCUT2D eigenvalue weighted by atomic mass is 32.1. The number of nitrogens with two attached hydrogens (primary N) is 1. The maximum atomic E-state index is 5.55. The molecule has 0 aromatic carbocycles. The first kappa shape index (κ1) is 11.3. The van der Waals surface area contributed by atoms with Crippen molar-refractivity contribution in [1.82, 2.24) is 20.2 Å². The molecule has 1 unspecified atom stereocenters. The van der Waals surface area contributed by atoms with Crippen LogP contribution in [0.2, 0.25) is 0 Å². The highest BCUT2D eigenvalue weighted by Crippen LogP contribution is 2.12. The fraction of sp³-hybridized carbons (Fsp3) is 0.400. The van der Waals surface area contributed by atoms with Crippen molar-refractivity contribution in [1.29, 1.82) is 0 Å². The van der Waals surface area contributed by atoms with Crippen molar-refractivity contribution in [2.75, 3.05) is 0 Å². The van der Waals surface area contributed by atoms with Gasteiger partial charge in [-0.1, -0.05) is 6.07 Å². The summed E-state index contributed by atoms with van der Waals surface area (Å²) in [5, 5.41) is 6.12. The Balaban J connectivity index is 1.98. The van der Waals surface area contributed by atoms with E-state index in [2.05, 4.69) is 33.0 Å². The highest BCUT2D eigenvalue weighted by molar-refractivity contribution is 7.09. The molecule has 0 aliphatic heterocycles. The van der Waals surface area contributed by atoms with Gasteiger partial charge < -0.3 is 0 Å². The summed E-state index contributed by atoms with van der Waals surface area (Å²) in [6.07, 6.45) is 3.26. The van der Waals surface area contributed by atoms with Crippen molar-refractivity contribution in [3.8, 4) is 0 Å². The third kappa shape index (κ3) is 2.66. The van der Waals surface area contributed by atoms with Gasteiger partial charge in [-0.3, -0.25) is 16.0 Å². The van der Waals surface area contributed by atoms with Crippen molar-refractivity contribution in [2.45, 2.75) is 18.9 Å². The Morgan fingerprint density at radius 2 is 2.44 bits per heavy atom. The SMILES string of the molecule is Cn1ncnc1CC(Cc1cccs1)NN. The minimum absolute atomic E-state index is 0.196. The van der Waals surface area contributed by atoms with Crippen LogP contribution >= 0.6 is 11.3 Å². The molecule has 16 heavy (non-hydrogen) atoms. The van der Waals surface area contributed by atoms with Gasteiger partial charge in [0.05, 0.1) is 0 Å². The molecule has 2 heterocycles. The lowest BCUT2D eigenvalue weighted by Gasteiger charge is -2.13. The van der Waals surface area contributed by atoms with E-state index in [9.17, 15) is 0 Å². The second-order valence-electron chi connectivity index (χ2n) is 3.65. The fourth-order valence-electron chi connectivity index (χ4n) is 1.59. The molecule has 2 aromatic rings. The van der Waals surface area contributed by atoms with Crippen LogP contribution in [0, 0.1) is 0 Å². The molecule has 0 aliphatic carbocycles. The van der Waals surface area contributed by atoms with E-state index < -0.39 is 0 Å². The van der Waals surface area contributed by atoms with Crippen LogP contribution in [0.1, 0.15) is 10.7 Å². The lowest BCUT2D eigenvalue weighted by molar-refractivity contribution is 0.502. The second-order valence-corrected chi connectivity index (χ2v) is 4.68. The zero-order valence-corrected chi connectivity index (χ0v) is 9.94. The minimum atomic E-state index is 0.196. The number of thiophene rings is 1. The molecule has 6 heteroatoms. The number of aryl methyl sites for hydroxylation is 1. The summed E-state index contributed by atoms with van der Waals surface area (Å²) < 4.78 is 1.78. The molecule has 0 radical (unpaired) electrons. The number of nitrogens with zero attached hydrogens (tertiary/aromatic N) is 3. The molecular formula is C10H15N5S. The largest absolute Gasteiger partial charge is 0.271 e. The molecule has 0 bridgehead atoms. The number of rotatable bonds is 5. The van der Waals surface area contributed by atoms with E-state index >= 15 is 0 Å². The Morgan fingerprint density at radius 3 is 3.00 bits per heavy atom. The normalized spacial score (nSPS) is 12.9. The van der Waals surface area contributed by atoms with Gasteiger partial charge in [0.2, 0.25) is 0 Å². The van der Waals surface area contributed by atoms with Gasteiger partial charge in [-0.2, -0.15) is 5.10 Å². The molecule has 2 aromatic heterocycles. The molecule has 0 spiro atoms. The molecule has 3 N–H and O–H groups in total. The predicted octanol–water partition coefficient (Wildman–Crippen LogP) is 0.494. The van der Waals surface area contributed by atoms with Crippen LogP contribution < -0.4 is 11.3 Å². The van der Waals surface area contributed by atoms with Gasteiger partial charge in [0.25, 0.3) is 0 Å². The van der Waals surface area contributed by atoms with Crippen LogP contribution in [0.25, 0.3) is 0 Å². The quantitative estimate of drug-likeness (QED) is 0.587. The molecule has 0 aliphatic rings. The van der Waals surface area contributed by atoms with E-state index in [1.807, 2.05) is 7.05 Å². The van der Waals surface area contributed by atoms with Gasteiger partial charge in [0, 0.05) is 24.4 Å². The Morgan fingerprint density at radius 1 is 1.56 bits per heavy atom. The van der Waals surface area contributed by atoms with Crippen molar-refractivity contribution in [3.63, 3.8) is 0 Å². The van der Waals surface area contributed by atoms with E-state index in [1.54, 1.807) is 22.3 Å². The van der Waals surface area contributed by atoms with Gasteiger partial charge in [-0.05, 0) is 17.9 Å². The molecule has 0 saturated heterocycles. The summed E-state index contributed by atoms with van der Waals surface area (Å²) in [6, 6.07) is 4.36. The molecule has 5 nitrogen and oxygen atoms in total. The van der Waals surface area contributed by atoms with Crippen LogP contribution in [0.5, 0.6) is 0 Å². The van der Waals surface area contributed by atoms with Crippen LogP contribution in [0.4, 0.5) is 0 Å². The van der Waals surface area contributed by atoms with Crippen molar-refractivity contribution < 1.29 is 0 Å². The third-order valence-electron chi connectivity index (χ3n) is 2.50. The van der Waals surface area contributed by atoms with Gasteiger partial charge >= 0.3 is 0 Å². The molecular weight excluding hydrogens is 222 g/mol. The van der Waals surface area contributed by atoms with Crippen LogP contribution in [-0.2, 0) is 19.9 Å². The van der Waals surface area contributed by atoms with E-state index in [-0.39, 0.29) is 6.04 Å². The predicted molar refractivity (Wildman–Crippen MR) is 63.8 cm³/mol. The molecule has 0 amide bonds. The van der Waals surface area contributed by atoms with Crippen molar-refractivity contribution in [2.24, 2.45) is 12.9 Å². The van der Waals surface area contributed by atoms with Gasteiger partial charge in [-0.15, -0.1) is 11.3 Å². The smallest absolute Gasteiger partial charge is 0.138 e. The summed E-state index contributed by atoms with van der Waals surface area (Å²) in [5.74, 6) is 6.50.